The summed E-state index contributed by atoms with van der Waals surface area (Å²) in [6.45, 7) is 4.39. The summed E-state index contributed by atoms with van der Waals surface area (Å²) in [6, 6.07) is 17.1. The fourth-order valence-corrected chi connectivity index (χ4v) is 3.71. The van der Waals surface area contributed by atoms with Crippen LogP contribution >= 0.6 is 0 Å². The summed E-state index contributed by atoms with van der Waals surface area (Å²) in [4.78, 5) is 0. The molecule has 0 amide bonds. The van der Waals surface area contributed by atoms with Crippen LogP contribution in [0.4, 0.5) is 0 Å². The van der Waals surface area contributed by atoms with Gasteiger partial charge in [0.15, 0.2) is 0 Å². The van der Waals surface area contributed by atoms with Crippen molar-refractivity contribution in [1.82, 2.24) is 0 Å². The molecule has 1 saturated carbocycles. The Morgan fingerprint density at radius 1 is 0.692 bits per heavy atom. The van der Waals surface area contributed by atoms with Gasteiger partial charge in [0.05, 0.1) is 0 Å². The summed E-state index contributed by atoms with van der Waals surface area (Å²) in [7, 11) is 0. The maximum absolute atomic E-state index is 3.28. The predicted molar refractivity (Wildman–Crippen MR) is 111 cm³/mol. The zero-order chi connectivity index (χ0) is 18.2. The van der Waals surface area contributed by atoms with Gasteiger partial charge < -0.3 is 0 Å². The molecule has 0 N–H and O–H groups in total. The first-order chi connectivity index (χ1) is 12.8. The molecule has 26 heavy (non-hydrogen) atoms. The number of rotatable bonds is 2. The molecule has 0 saturated heterocycles. The molecule has 2 aromatic rings. The smallest absolute Gasteiger partial charge is 0.0249 e. The lowest BCUT2D eigenvalue weighted by Crippen LogP contribution is -2.12. The van der Waals surface area contributed by atoms with E-state index in [-0.39, 0.29) is 0 Å². The van der Waals surface area contributed by atoms with E-state index in [1.807, 2.05) is 24.3 Å². The van der Waals surface area contributed by atoms with Crippen LogP contribution in [0.1, 0.15) is 80.5 Å². The van der Waals surface area contributed by atoms with Crippen LogP contribution in [0.15, 0.2) is 48.5 Å². The molecule has 0 aromatic heterocycles. The lowest BCUT2D eigenvalue weighted by molar-refractivity contribution is 0.319. The van der Waals surface area contributed by atoms with Crippen molar-refractivity contribution in [3.8, 4) is 23.7 Å². The highest BCUT2D eigenvalue weighted by molar-refractivity contribution is 5.46. The number of hydrogen-bond donors (Lipinski definition) is 0. The fraction of sp³-hybridized carbons (Fsp3) is 0.385. The van der Waals surface area contributed by atoms with Crippen molar-refractivity contribution < 1.29 is 0 Å². The lowest BCUT2D eigenvalue weighted by atomic mass is 9.78. The maximum Gasteiger partial charge on any atom is 0.0249 e. The standard InChI is InChI=1S/C26H28/c1-3-5-6-22-7-9-23(10-8-22)11-12-24-15-19-26(20-16-24)25-17-13-21(4-2)14-18-25/h7-10,15-16,19-21,25H,3-4,13-14,17-18H2,1-2H3/t21-,25-. The van der Waals surface area contributed by atoms with Gasteiger partial charge >= 0.3 is 0 Å². The van der Waals surface area contributed by atoms with Crippen molar-refractivity contribution in [2.75, 3.05) is 0 Å². The molecule has 2 aromatic carbocycles. The first kappa shape index (κ1) is 18.4. The van der Waals surface area contributed by atoms with Crippen LogP contribution in [0.3, 0.4) is 0 Å². The zero-order valence-corrected chi connectivity index (χ0v) is 16.0. The highest BCUT2D eigenvalue weighted by atomic mass is 14.3. The average molecular weight is 341 g/mol. The number of benzene rings is 2. The Morgan fingerprint density at radius 2 is 1.19 bits per heavy atom. The minimum absolute atomic E-state index is 0.747. The molecule has 0 aliphatic heterocycles. The van der Waals surface area contributed by atoms with E-state index < -0.39 is 0 Å². The van der Waals surface area contributed by atoms with Crippen molar-refractivity contribution in [3.63, 3.8) is 0 Å². The third-order valence-electron chi connectivity index (χ3n) is 5.45. The van der Waals surface area contributed by atoms with Gasteiger partial charge in [-0.25, -0.2) is 0 Å². The molecule has 0 heteroatoms. The van der Waals surface area contributed by atoms with Crippen LogP contribution < -0.4 is 0 Å². The monoisotopic (exact) mass is 340 g/mol. The van der Waals surface area contributed by atoms with E-state index in [1.54, 1.807) is 0 Å². The van der Waals surface area contributed by atoms with Crippen molar-refractivity contribution in [2.45, 2.75) is 58.3 Å². The van der Waals surface area contributed by atoms with Gasteiger partial charge in [0.25, 0.3) is 0 Å². The van der Waals surface area contributed by atoms with E-state index in [1.165, 1.54) is 37.7 Å². The second kappa shape index (κ2) is 9.31. The van der Waals surface area contributed by atoms with Gasteiger partial charge in [0, 0.05) is 23.1 Å². The minimum Gasteiger partial charge on any atom is -0.0982 e. The van der Waals surface area contributed by atoms with Crippen LogP contribution in [0.25, 0.3) is 0 Å². The second-order valence-electron chi connectivity index (χ2n) is 7.23. The highest BCUT2D eigenvalue weighted by Gasteiger charge is 2.20. The molecule has 3 rings (SSSR count). The largest absolute Gasteiger partial charge is 0.0982 e. The van der Waals surface area contributed by atoms with Crippen LogP contribution in [0.5, 0.6) is 0 Å². The van der Waals surface area contributed by atoms with E-state index in [9.17, 15) is 0 Å². The molecule has 0 spiro atoms. The van der Waals surface area contributed by atoms with Gasteiger partial charge in [0.2, 0.25) is 0 Å². The summed E-state index contributed by atoms with van der Waals surface area (Å²) in [5.41, 5.74) is 4.67. The lowest BCUT2D eigenvalue weighted by Gasteiger charge is -2.28. The van der Waals surface area contributed by atoms with E-state index >= 15 is 0 Å². The molecule has 132 valence electrons. The molecule has 0 atom stereocenters. The van der Waals surface area contributed by atoms with E-state index in [0.29, 0.717) is 0 Å². The molecule has 0 nitrogen and oxygen atoms in total. The predicted octanol–water partition coefficient (Wildman–Crippen LogP) is 6.53. The normalized spacial score (nSPS) is 19.0. The van der Waals surface area contributed by atoms with Crippen LogP contribution in [0.2, 0.25) is 0 Å². The summed E-state index contributed by atoms with van der Waals surface area (Å²) in [5.74, 6) is 14.5. The molecule has 1 aliphatic carbocycles. The Labute approximate surface area is 159 Å². The quantitative estimate of drug-likeness (QED) is 0.545. The van der Waals surface area contributed by atoms with Gasteiger partial charge in [0.1, 0.15) is 0 Å². The summed E-state index contributed by atoms with van der Waals surface area (Å²) >= 11 is 0. The summed E-state index contributed by atoms with van der Waals surface area (Å²) in [6.07, 6.45) is 7.70. The van der Waals surface area contributed by atoms with Crippen molar-refractivity contribution >= 4 is 0 Å². The van der Waals surface area contributed by atoms with Gasteiger partial charge in [-0.05, 0) is 79.5 Å². The van der Waals surface area contributed by atoms with Crippen LogP contribution in [-0.2, 0) is 0 Å². The van der Waals surface area contributed by atoms with Gasteiger partial charge in [-0.1, -0.05) is 56.1 Å². The third-order valence-corrected chi connectivity index (χ3v) is 5.45. The molecule has 0 unspecified atom stereocenters. The van der Waals surface area contributed by atoms with Gasteiger partial charge in [-0.2, -0.15) is 0 Å². The topological polar surface area (TPSA) is 0 Å². The van der Waals surface area contributed by atoms with Crippen LogP contribution in [0, 0.1) is 29.6 Å². The van der Waals surface area contributed by atoms with E-state index in [0.717, 1.165) is 34.9 Å². The van der Waals surface area contributed by atoms with Crippen molar-refractivity contribution in [2.24, 2.45) is 5.92 Å². The minimum atomic E-state index is 0.747. The van der Waals surface area contributed by atoms with Gasteiger partial charge in [-0.3, -0.25) is 0 Å². The maximum atomic E-state index is 3.28. The van der Waals surface area contributed by atoms with Crippen molar-refractivity contribution in [3.05, 3.63) is 70.8 Å². The Kier molecular flexibility index (Phi) is 6.57. The molecular weight excluding hydrogens is 312 g/mol. The molecule has 0 heterocycles. The third kappa shape index (κ3) is 5.03. The summed E-state index contributed by atoms with van der Waals surface area (Å²) < 4.78 is 0. The first-order valence-electron chi connectivity index (χ1n) is 9.99. The van der Waals surface area contributed by atoms with Crippen molar-refractivity contribution in [1.29, 1.82) is 0 Å². The zero-order valence-electron chi connectivity index (χ0n) is 16.0. The highest BCUT2D eigenvalue weighted by Crippen LogP contribution is 2.36. The Morgan fingerprint density at radius 3 is 1.69 bits per heavy atom. The molecule has 1 aliphatic rings. The number of hydrogen-bond acceptors (Lipinski definition) is 0. The molecular formula is C26H28. The van der Waals surface area contributed by atoms with Crippen LogP contribution in [-0.4, -0.2) is 0 Å². The molecule has 1 fully saturated rings. The Balaban J connectivity index is 1.62. The molecule has 0 bridgehead atoms. The Hall–Kier alpha value is -2.44. The SMILES string of the molecule is CCC#Cc1ccc(C#Cc2ccc([C@H]3CC[C@H](CC)CC3)cc2)cc1. The van der Waals surface area contributed by atoms with E-state index in [2.05, 4.69) is 61.8 Å². The summed E-state index contributed by atoms with van der Waals surface area (Å²) in [5, 5.41) is 0. The second-order valence-corrected chi connectivity index (χ2v) is 7.23. The van der Waals surface area contributed by atoms with Gasteiger partial charge in [-0.15, -0.1) is 0 Å². The molecule has 0 radical (unpaired) electrons. The first-order valence-corrected chi connectivity index (χ1v) is 9.99. The average Bonchev–Trinajstić information content (AvgIpc) is 2.72. The van der Waals surface area contributed by atoms with E-state index in [4.69, 9.17) is 0 Å². The Bertz CT molecular complexity index is 808. The fourth-order valence-electron chi connectivity index (χ4n) is 3.71.